The topological polar surface area (TPSA) is 18.5 Å². The zero-order chi connectivity index (χ0) is 15.8. The van der Waals surface area contributed by atoms with Crippen LogP contribution in [-0.2, 0) is 8.85 Å². The van der Waals surface area contributed by atoms with E-state index < -0.39 is 16.6 Å². The molecule has 0 aliphatic rings. The van der Waals surface area contributed by atoms with Crippen LogP contribution in [0, 0.1) is 0 Å². The van der Waals surface area contributed by atoms with Crippen molar-refractivity contribution in [2.24, 2.45) is 0 Å². The van der Waals surface area contributed by atoms with Crippen LogP contribution in [0.5, 0.6) is 0 Å². The van der Waals surface area contributed by atoms with E-state index in [4.69, 9.17) is 8.85 Å². The third kappa shape index (κ3) is 6.88. The molecule has 0 rings (SSSR count). The highest BCUT2D eigenvalue weighted by Gasteiger charge is 2.37. The van der Waals surface area contributed by atoms with Gasteiger partial charge in [-0.2, -0.15) is 0 Å². The summed E-state index contributed by atoms with van der Waals surface area (Å²) in [6, 6.07) is 0. The van der Waals surface area contributed by atoms with Gasteiger partial charge in [0.15, 0.2) is 16.6 Å². The van der Waals surface area contributed by atoms with Crippen LogP contribution in [0.2, 0.25) is 26.2 Å². The lowest BCUT2D eigenvalue weighted by molar-refractivity contribution is 0.326. The zero-order valence-electron chi connectivity index (χ0n) is 14.6. The van der Waals surface area contributed by atoms with E-state index in [9.17, 15) is 0 Å². The van der Waals surface area contributed by atoms with Crippen molar-refractivity contribution in [1.29, 1.82) is 0 Å². The molecule has 0 spiro atoms. The Labute approximate surface area is 136 Å². The minimum atomic E-state index is -1.57. The molecular weight excluding hydrogens is 320 g/mol. The number of hydrogen-bond donors (Lipinski definition) is 0. The Morgan fingerprint density at radius 2 is 1.00 bits per heavy atom. The molecular formula is C14H34O2S2Si2. The molecule has 0 aromatic heterocycles. The van der Waals surface area contributed by atoms with Crippen molar-refractivity contribution >= 4 is 38.2 Å². The highest BCUT2D eigenvalue weighted by molar-refractivity contribution is 8.77. The van der Waals surface area contributed by atoms with Crippen LogP contribution >= 0.6 is 21.6 Å². The summed E-state index contributed by atoms with van der Waals surface area (Å²) in [5, 5.41) is 0. The molecule has 0 aromatic carbocycles. The molecule has 0 amide bonds. The Morgan fingerprint density at radius 3 is 1.20 bits per heavy atom. The summed E-state index contributed by atoms with van der Waals surface area (Å²) in [4.78, 5) is 1.32. The predicted octanol–water partition coefficient (Wildman–Crippen LogP) is 5.49. The van der Waals surface area contributed by atoms with Crippen molar-refractivity contribution in [2.75, 3.05) is 13.2 Å². The van der Waals surface area contributed by atoms with Crippen LogP contribution in [0.4, 0.5) is 0 Å². The average molecular weight is 355 g/mol. The summed E-state index contributed by atoms with van der Waals surface area (Å²) in [6.07, 6.45) is 2.40. The van der Waals surface area contributed by atoms with Crippen LogP contribution in [0.15, 0.2) is 0 Å². The van der Waals surface area contributed by atoms with Crippen molar-refractivity contribution < 1.29 is 8.85 Å². The van der Waals surface area contributed by atoms with Crippen LogP contribution in [0.25, 0.3) is 0 Å². The molecule has 2 atom stereocenters. The molecule has 0 radical (unpaired) electrons. The van der Waals surface area contributed by atoms with E-state index >= 15 is 0 Å². The summed E-state index contributed by atoms with van der Waals surface area (Å²) < 4.78 is 12.1. The van der Waals surface area contributed by atoms with E-state index in [0.717, 1.165) is 13.2 Å². The molecule has 0 fully saturated rings. The summed E-state index contributed by atoms with van der Waals surface area (Å²) in [6.45, 7) is 19.9. The predicted molar refractivity (Wildman–Crippen MR) is 102 cm³/mol. The molecule has 122 valence electrons. The van der Waals surface area contributed by atoms with Gasteiger partial charge in [0.25, 0.3) is 0 Å². The molecule has 20 heavy (non-hydrogen) atoms. The molecule has 2 nitrogen and oxygen atoms in total. The second-order valence-corrected chi connectivity index (χ2v) is 18.0. The third-order valence-corrected chi connectivity index (χ3v) is 17.7. The fraction of sp³-hybridized carbons (Fsp3) is 1.00. The quantitative estimate of drug-likeness (QED) is 0.361. The maximum atomic E-state index is 6.07. The molecule has 6 heteroatoms. The average Bonchev–Trinajstić information content (AvgIpc) is 2.33. The molecule has 0 aliphatic heterocycles. The standard InChI is InChI=1S/C14H34O2S2Si2/c1-9-13(19(5,6)15-11-3)17-18-14(10-2)20(7,8)16-12-4/h13-14H,9-12H2,1-8H3. The van der Waals surface area contributed by atoms with Crippen LogP contribution in [0.3, 0.4) is 0 Å². The van der Waals surface area contributed by atoms with E-state index in [1.54, 1.807) is 0 Å². The van der Waals surface area contributed by atoms with Gasteiger partial charge in [-0.25, -0.2) is 0 Å². The van der Waals surface area contributed by atoms with Gasteiger partial charge in [-0.3, -0.25) is 0 Å². The SMILES string of the molecule is CCO[Si](C)(C)C(CC)SSC(CC)[Si](C)(C)OCC. The zero-order valence-corrected chi connectivity index (χ0v) is 18.2. The lowest BCUT2D eigenvalue weighted by Crippen LogP contribution is -2.44. The molecule has 0 saturated carbocycles. The largest absolute Gasteiger partial charge is 0.417 e. The normalized spacial score (nSPS) is 16.2. The smallest absolute Gasteiger partial charge is 0.200 e. The molecule has 0 aliphatic carbocycles. The van der Waals surface area contributed by atoms with Gasteiger partial charge in [0.05, 0.1) is 0 Å². The second-order valence-electron chi connectivity index (χ2n) is 6.06. The van der Waals surface area contributed by atoms with Crippen molar-refractivity contribution in [2.45, 2.75) is 76.5 Å². The van der Waals surface area contributed by atoms with E-state index in [1.165, 1.54) is 12.8 Å². The first-order valence-electron chi connectivity index (χ1n) is 7.85. The van der Waals surface area contributed by atoms with Gasteiger partial charge < -0.3 is 8.85 Å². The first-order valence-corrected chi connectivity index (χ1v) is 16.1. The molecule has 0 saturated heterocycles. The molecule has 0 heterocycles. The van der Waals surface area contributed by atoms with Gasteiger partial charge in [0, 0.05) is 23.0 Å². The van der Waals surface area contributed by atoms with Crippen LogP contribution in [0.1, 0.15) is 40.5 Å². The van der Waals surface area contributed by atoms with Crippen LogP contribution < -0.4 is 0 Å². The van der Waals surface area contributed by atoms with Gasteiger partial charge in [0.1, 0.15) is 0 Å². The van der Waals surface area contributed by atoms with Gasteiger partial charge in [-0.05, 0) is 52.9 Å². The summed E-state index contributed by atoms with van der Waals surface area (Å²) in [5.41, 5.74) is 0. The van der Waals surface area contributed by atoms with E-state index in [2.05, 4.69) is 75.5 Å². The summed E-state index contributed by atoms with van der Waals surface area (Å²) in [5.74, 6) is 0. The lowest BCUT2D eigenvalue weighted by Gasteiger charge is -2.34. The summed E-state index contributed by atoms with van der Waals surface area (Å²) in [7, 11) is 0.978. The fourth-order valence-electron chi connectivity index (χ4n) is 2.42. The highest BCUT2D eigenvalue weighted by Crippen LogP contribution is 2.41. The Bertz CT molecular complexity index is 238. The number of hydrogen-bond acceptors (Lipinski definition) is 4. The second kappa shape index (κ2) is 9.95. The van der Waals surface area contributed by atoms with Gasteiger partial charge in [-0.1, -0.05) is 35.4 Å². The molecule has 2 unspecified atom stereocenters. The van der Waals surface area contributed by atoms with E-state index in [1.807, 2.05) is 0 Å². The lowest BCUT2D eigenvalue weighted by atomic mass is 10.6. The Hall–Kier alpha value is 1.05. The van der Waals surface area contributed by atoms with Crippen molar-refractivity contribution in [3.05, 3.63) is 0 Å². The van der Waals surface area contributed by atoms with Gasteiger partial charge in [-0.15, -0.1) is 0 Å². The van der Waals surface area contributed by atoms with E-state index in [0.29, 0.717) is 9.75 Å². The maximum absolute atomic E-state index is 6.07. The first kappa shape index (κ1) is 21.1. The molecule has 0 N–H and O–H groups in total. The summed E-state index contributed by atoms with van der Waals surface area (Å²) >= 11 is 0. The third-order valence-electron chi connectivity index (χ3n) is 3.61. The maximum Gasteiger partial charge on any atom is 0.200 e. The minimum Gasteiger partial charge on any atom is -0.417 e. The Balaban J connectivity index is 4.61. The Morgan fingerprint density at radius 1 is 0.700 bits per heavy atom. The van der Waals surface area contributed by atoms with Crippen molar-refractivity contribution in [3.8, 4) is 0 Å². The fourth-order valence-corrected chi connectivity index (χ4v) is 15.8. The first-order chi connectivity index (χ1) is 9.25. The Kier molecular flexibility index (Phi) is 10.5. The van der Waals surface area contributed by atoms with Crippen molar-refractivity contribution in [3.63, 3.8) is 0 Å². The monoisotopic (exact) mass is 354 g/mol. The van der Waals surface area contributed by atoms with Gasteiger partial charge in [0.2, 0.25) is 0 Å². The minimum absolute atomic E-state index is 0.660. The highest BCUT2D eigenvalue weighted by atomic mass is 33.1. The van der Waals surface area contributed by atoms with Gasteiger partial charge >= 0.3 is 0 Å². The van der Waals surface area contributed by atoms with Crippen LogP contribution in [-0.4, -0.2) is 39.6 Å². The van der Waals surface area contributed by atoms with Crippen molar-refractivity contribution in [1.82, 2.24) is 0 Å². The number of rotatable bonds is 11. The molecule has 0 bridgehead atoms. The van der Waals surface area contributed by atoms with E-state index in [-0.39, 0.29) is 0 Å². The molecule has 0 aromatic rings.